The lowest BCUT2D eigenvalue weighted by Gasteiger charge is -2.08. The zero-order chi connectivity index (χ0) is 22.7. The maximum atomic E-state index is 12.4. The van der Waals surface area contributed by atoms with E-state index in [0.29, 0.717) is 21.4 Å². The SMILES string of the molecule is Cc1ccc2nc(NC(=O)CSc3ccc(NC(=O)c4ccc(Cl)cc4Cl)cc3)sc2c1. The number of thioether (sulfide) groups is 1. The first-order valence-corrected chi connectivity index (χ1v) is 12.1. The number of carbonyl (C=O) groups excluding carboxylic acids is 2. The summed E-state index contributed by atoms with van der Waals surface area (Å²) in [5.41, 5.74) is 3.00. The molecule has 1 aromatic heterocycles. The Morgan fingerprint density at radius 1 is 1.00 bits per heavy atom. The first-order chi connectivity index (χ1) is 15.4. The van der Waals surface area contributed by atoms with Gasteiger partial charge in [0.1, 0.15) is 0 Å². The fourth-order valence-electron chi connectivity index (χ4n) is 2.90. The molecule has 9 heteroatoms. The van der Waals surface area contributed by atoms with Crippen molar-refractivity contribution in [1.29, 1.82) is 0 Å². The lowest BCUT2D eigenvalue weighted by molar-refractivity contribution is -0.113. The Balaban J connectivity index is 1.31. The zero-order valence-corrected chi connectivity index (χ0v) is 20.0. The van der Waals surface area contributed by atoms with Crippen molar-refractivity contribution in [3.8, 4) is 0 Å². The van der Waals surface area contributed by atoms with Crippen molar-refractivity contribution in [2.45, 2.75) is 11.8 Å². The van der Waals surface area contributed by atoms with Crippen molar-refractivity contribution in [3.63, 3.8) is 0 Å². The number of anilines is 2. The summed E-state index contributed by atoms with van der Waals surface area (Å²) in [5, 5.41) is 7.00. The number of hydrogen-bond acceptors (Lipinski definition) is 5. The smallest absolute Gasteiger partial charge is 0.257 e. The molecule has 0 fully saturated rings. The number of amides is 2. The molecule has 32 heavy (non-hydrogen) atoms. The number of halogens is 2. The lowest BCUT2D eigenvalue weighted by atomic mass is 10.2. The molecule has 2 N–H and O–H groups in total. The van der Waals surface area contributed by atoms with Crippen molar-refractivity contribution >= 4 is 79.2 Å². The molecule has 4 aromatic rings. The summed E-state index contributed by atoms with van der Waals surface area (Å²) in [6.45, 7) is 2.03. The van der Waals surface area contributed by atoms with Crippen LogP contribution in [0.15, 0.2) is 65.6 Å². The van der Waals surface area contributed by atoms with E-state index >= 15 is 0 Å². The maximum Gasteiger partial charge on any atom is 0.257 e. The highest BCUT2D eigenvalue weighted by molar-refractivity contribution is 8.00. The largest absolute Gasteiger partial charge is 0.322 e. The highest BCUT2D eigenvalue weighted by atomic mass is 35.5. The number of carbonyl (C=O) groups is 2. The summed E-state index contributed by atoms with van der Waals surface area (Å²) in [6, 6.07) is 18.0. The first-order valence-electron chi connectivity index (χ1n) is 9.54. The number of thiazole rings is 1. The van der Waals surface area contributed by atoms with Gasteiger partial charge in [0.25, 0.3) is 5.91 Å². The van der Waals surface area contributed by atoms with Crippen LogP contribution in [0.4, 0.5) is 10.8 Å². The molecular formula is C23H17Cl2N3O2S2. The lowest BCUT2D eigenvalue weighted by Crippen LogP contribution is -2.13. The quantitative estimate of drug-likeness (QED) is 0.282. The van der Waals surface area contributed by atoms with Crippen LogP contribution in [-0.2, 0) is 4.79 Å². The summed E-state index contributed by atoms with van der Waals surface area (Å²) in [5.74, 6) is -0.195. The van der Waals surface area contributed by atoms with E-state index in [-0.39, 0.29) is 22.6 Å². The highest BCUT2D eigenvalue weighted by Gasteiger charge is 2.12. The number of nitrogens with one attached hydrogen (secondary N) is 2. The molecule has 0 spiro atoms. The molecular weight excluding hydrogens is 485 g/mol. The van der Waals surface area contributed by atoms with Gasteiger partial charge in [-0.1, -0.05) is 40.6 Å². The van der Waals surface area contributed by atoms with Gasteiger partial charge in [-0.25, -0.2) is 4.98 Å². The van der Waals surface area contributed by atoms with Gasteiger partial charge in [0.2, 0.25) is 5.91 Å². The molecule has 0 saturated carbocycles. The summed E-state index contributed by atoms with van der Waals surface area (Å²) < 4.78 is 1.05. The number of nitrogens with zero attached hydrogens (tertiary/aromatic N) is 1. The maximum absolute atomic E-state index is 12.4. The third kappa shape index (κ3) is 5.61. The molecule has 4 rings (SSSR count). The van der Waals surface area contributed by atoms with Crippen LogP contribution in [0.25, 0.3) is 10.2 Å². The van der Waals surface area contributed by atoms with Gasteiger partial charge < -0.3 is 10.6 Å². The van der Waals surface area contributed by atoms with Crippen molar-refractivity contribution in [3.05, 3.63) is 81.8 Å². The van der Waals surface area contributed by atoms with E-state index in [0.717, 1.165) is 20.7 Å². The van der Waals surface area contributed by atoms with Gasteiger partial charge in [-0.3, -0.25) is 9.59 Å². The normalized spacial score (nSPS) is 10.8. The molecule has 0 atom stereocenters. The second-order valence-corrected chi connectivity index (χ2v) is 9.85. The molecule has 0 saturated heterocycles. The summed E-state index contributed by atoms with van der Waals surface area (Å²) in [4.78, 5) is 30.1. The van der Waals surface area contributed by atoms with Crippen molar-refractivity contribution < 1.29 is 9.59 Å². The number of aromatic nitrogens is 1. The summed E-state index contributed by atoms with van der Waals surface area (Å²) in [6.07, 6.45) is 0. The predicted molar refractivity (Wildman–Crippen MR) is 135 cm³/mol. The van der Waals surface area contributed by atoms with Gasteiger partial charge in [-0.05, 0) is 67.1 Å². The molecule has 5 nitrogen and oxygen atoms in total. The first kappa shape index (κ1) is 22.6. The zero-order valence-electron chi connectivity index (χ0n) is 16.8. The third-order valence-electron chi connectivity index (χ3n) is 4.45. The number of aryl methyl sites for hydroxylation is 1. The van der Waals surface area contributed by atoms with Crippen LogP contribution in [0.5, 0.6) is 0 Å². The number of hydrogen-bond donors (Lipinski definition) is 2. The molecule has 162 valence electrons. The minimum Gasteiger partial charge on any atom is -0.322 e. The van der Waals surface area contributed by atoms with Crippen LogP contribution in [-0.4, -0.2) is 22.6 Å². The molecule has 0 bridgehead atoms. The fourth-order valence-corrected chi connectivity index (χ4v) is 5.07. The summed E-state index contributed by atoms with van der Waals surface area (Å²) >= 11 is 14.8. The van der Waals surface area contributed by atoms with Gasteiger partial charge in [0.15, 0.2) is 5.13 Å². The van der Waals surface area contributed by atoms with Gasteiger partial charge in [-0.15, -0.1) is 11.8 Å². The topological polar surface area (TPSA) is 71.1 Å². The minimum absolute atomic E-state index is 0.125. The van der Waals surface area contributed by atoms with Gasteiger partial charge in [0, 0.05) is 15.6 Å². The van der Waals surface area contributed by atoms with E-state index < -0.39 is 0 Å². The fraction of sp³-hybridized carbons (Fsp3) is 0.0870. The van der Waals surface area contributed by atoms with E-state index in [9.17, 15) is 9.59 Å². The molecule has 0 radical (unpaired) electrons. The van der Waals surface area contributed by atoms with Crippen LogP contribution in [0.3, 0.4) is 0 Å². The third-order valence-corrected chi connectivity index (χ3v) is 6.94. The Labute approximate surface area is 203 Å². The Kier molecular flexibility index (Phi) is 7.01. The number of fused-ring (bicyclic) bond motifs is 1. The molecule has 2 amide bonds. The Bertz CT molecular complexity index is 1310. The molecule has 0 unspecified atom stereocenters. The van der Waals surface area contributed by atoms with Crippen molar-refractivity contribution in [2.24, 2.45) is 0 Å². The summed E-state index contributed by atoms with van der Waals surface area (Å²) in [7, 11) is 0. The minimum atomic E-state index is -0.322. The molecule has 3 aromatic carbocycles. The van der Waals surface area contributed by atoms with Gasteiger partial charge >= 0.3 is 0 Å². The molecule has 0 aliphatic carbocycles. The van der Waals surface area contributed by atoms with E-state index in [1.54, 1.807) is 24.3 Å². The Morgan fingerprint density at radius 3 is 2.53 bits per heavy atom. The van der Waals surface area contributed by atoms with Crippen LogP contribution >= 0.6 is 46.3 Å². The van der Waals surface area contributed by atoms with Gasteiger partial charge in [0.05, 0.1) is 26.6 Å². The van der Waals surface area contributed by atoms with E-state index in [2.05, 4.69) is 21.7 Å². The average molecular weight is 502 g/mol. The van der Waals surface area contributed by atoms with E-state index in [1.807, 2.05) is 31.2 Å². The Hall–Kier alpha value is -2.58. The molecule has 0 aliphatic heterocycles. The standard InChI is InChI=1S/C23H17Cl2N3O2S2/c1-13-2-9-19-20(10-13)32-23(27-19)28-21(29)12-31-16-6-4-15(5-7-16)26-22(30)17-8-3-14(24)11-18(17)25/h2-11H,12H2,1H3,(H,26,30)(H,27,28,29). The monoisotopic (exact) mass is 501 g/mol. The second kappa shape index (κ2) is 9.92. The Morgan fingerprint density at radius 2 is 1.78 bits per heavy atom. The molecule has 1 heterocycles. The van der Waals surface area contributed by atoms with Crippen LogP contribution in [0.2, 0.25) is 10.0 Å². The molecule has 0 aliphatic rings. The van der Waals surface area contributed by atoms with E-state index in [4.69, 9.17) is 23.2 Å². The average Bonchev–Trinajstić information content (AvgIpc) is 3.14. The van der Waals surface area contributed by atoms with Crippen LogP contribution in [0, 0.1) is 6.92 Å². The van der Waals surface area contributed by atoms with Gasteiger partial charge in [-0.2, -0.15) is 0 Å². The highest BCUT2D eigenvalue weighted by Crippen LogP contribution is 2.27. The number of rotatable bonds is 6. The predicted octanol–water partition coefficient (Wildman–Crippen LogP) is 6.89. The van der Waals surface area contributed by atoms with Crippen LogP contribution in [0.1, 0.15) is 15.9 Å². The van der Waals surface area contributed by atoms with Crippen molar-refractivity contribution in [1.82, 2.24) is 4.98 Å². The second-order valence-electron chi connectivity index (χ2n) is 6.93. The van der Waals surface area contributed by atoms with E-state index in [1.165, 1.54) is 29.2 Å². The van der Waals surface area contributed by atoms with Crippen LogP contribution < -0.4 is 10.6 Å². The van der Waals surface area contributed by atoms with Crippen molar-refractivity contribution in [2.75, 3.05) is 16.4 Å². The number of benzene rings is 3.